The van der Waals surface area contributed by atoms with Crippen molar-refractivity contribution in [2.24, 2.45) is 5.92 Å². The Morgan fingerprint density at radius 2 is 2.11 bits per heavy atom. The highest BCUT2D eigenvalue weighted by molar-refractivity contribution is 6.31. The minimum Gasteiger partial charge on any atom is -0.379 e. The maximum Gasteiger partial charge on any atom is 0.294 e. The van der Waals surface area contributed by atoms with Crippen molar-refractivity contribution in [2.45, 2.75) is 33.1 Å². The van der Waals surface area contributed by atoms with Crippen LogP contribution in [0.15, 0.2) is 12.1 Å². The van der Waals surface area contributed by atoms with Gasteiger partial charge in [0, 0.05) is 18.7 Å². The first kappa shape index (κ1) is 15.7. The van der Waals surface area contributed by atoms with E-state index in [1.54, 1.807) is 0 Å². The molecule has 1 aromatic carbocycles. The van der Waals surface area contributed by atoms with E-state index in [4.69, 9.17) is 11.6 Å². The van der Waals surface area contributed by atoms with Gasteiger partial charge in [0.2, 0.25) is 0 Å². The minimum atomic E-state index is -0.656. The van der Waals surface area contributed by atoms with Crippen LogP contribution in [-0.2, 0) is 0 Å². The van der Waals surface area contributed by atoms with Crippen LogP contribution in [0.1, 0.15) is 33.1 Å². The number of nitrogens with zero attached hydrogens (tertiary/aromatic N) is 1. The van der Waals surface area contributed by atoms with Crippen molar-refractivity contribution < 1.29 is 9.31 Å². The Bertz CT molecular complexity index is 453. The number of benzene rings is 1. The molecule has 0 saturated heterocycles. The van der Waals surface area contributed by atoms with Crippen molar-refractivity contribution >= 4 is 23.0 Å². The fourth-order valence-electron chi connectivity index (χ4n) is 1.73. The topological polar surface area (TPSA) is 55.2 Å². The number of rotatable bonds is 7. The van der Waals surface area contributed by atoms with Crippen LogP contribution in [0.5, 0.6) is 0 Å². The predicted molar refractivity (Wildman–Crippen MR) is 75.2 cm³/mol. The van der Waals surface area contributed by atoms with Gasteiger partial charge in [-0.05, 0) is 12.3 Å². The van der Waals surface area contributed by atoms with E-state index in [9.17, 15) is 14.5 Å². The van der Waals surface area contributed by atoms with Crippen LogP contribution in [0.2, 0.25) is 5.02 Å². The third-order valence-electron chi connectivity index (χ3n) is 2.76. The van der Waals surface area contributed by atoms with Crippen molar-refractivity contribution in [1.82, 2.24) is 0 Å². The van der Waals surface area contributed by atoms with Gasteiger partial charge in [0.25, 0.3) is 5.69 Å². The van der Waals surface area contributed by atoms with Gasteiger partial charge < -0.3 is 5.32 Å². The quantitative estimate of drug-likeness (QED) is 0.452. The van der Waals surface area contributed by atoms with E-state index < -0.39 is 10.7 Å². The van der Waals surface area contributed by atoms with Gasteiger partial charge in [0.1, 0.15) is 11.5 Å². The van der Waals surface area contributed by atoms with Crippen molar-refractivity contribution in [3.8, 4) is 0 Å². The number of nitro groups is 1. The summed E-state index contributed by atoms with van der Waals surface area (Å²) in [5.41, 5.74) is -0.0216. The Balaban J connectivity index is 2.62. The summed E-state index contributed by atoms with van der Waals surface area (Å²) in [6.45, 7) is 4.87. The second kappa shape index (κ2) is 7.28. The van der Waals surface area contributed by atoms with Gasteiger partial charge in [-0.25, -0.2) is 4.39 Å². The Morgan fingerprint density at radius 1 is 1.42 bits per heavy atom. The second-order valence-electron chi connectivity index (χ2n) is 4.86. The van der Waals surface area contributed by atoms with E-state index >= 15 is 0 Å². The van der Waals surface area contributed by atoms with Crippen LogP contribution in [0.4, 0.5) is 15.8 Å². The second-order valence-corrected chi connectivity index (χ2v) is 5.26. The van der Waals surface area contributed by atoms with Gasteiger partial charge in [-0.15, -0.1) is 0 Å². The zero-order valence-electron chi connectivity index (χ0n) is 11.1. The average molecular weight is 289 g/mol. The lowest BCUT2D eigenvalue weighted by Gasteiger charge is -2.08. The predicted octanol–water partition coefficient (Wildman–Crippen LogP) is 4.63. The van der Waals surface area contributed by atoms with E-state index in [0.29, 0.717) is 12.5 Å². The summed E-state index contributed by atoms with van der Waals surface area (Å²) in [7, 11) is 0. The Labute approximate surface area is 117 Å². The highest BCUT2D eigenvalue weighted by Gasteiger charge is 2.17. The first-order chi connectivity index (χ1) is 8.91. The standard InChI is InChI=1S/C13H18ClFN2O2/c1-9(2)5-3-4-6-16-12-8-11(15)10(14)7-13(12)17(18)19/h7-9,16H,3-6H2,1-2H3. The van der Waals surface area contributed by atoms with Crippen molar-refractivity contribution in [3.63, 3.8) is 0 Å². The number of hydrogen-bond acceptors (Lipinski definition) is 3. The van der Waals surface area contributed by atoms with Gasteiger partial charge in [-0.3, -0.25) is 10.1 Å². The molecule has 0 amide bonds. The summed E-state index contributed by atoms with van der Waals surface area (Å²) in [5.74, 6) is -0.0146. The third-order valence-corrected chi connectivity index (χ3v) is 3.05. The summed E-state index contributed by atoms with van der Waals surface area (Å²) in [5, 5.41) is 13.5. The monoisotopic (exact) mass is 288 g/mol. The third kappa shape index (κ3) is 5.03. The first-order valence-corrected chi connectivity index (χ1v) is 6.67. The first-order valence-electron chi connectivity index (χ1n) is 6.29. The molecule has 0 saturated carbocycles. The van der Waals surface area contributed by atoms with Crippen LogP contribution in [0.25, 0.3) is 0 Å². The average Bonchev–Trinajstić information content (AvgIpc) is 2.32. The molecule has 1 aromatic rings. The van der Waals surface area contributed by atoms with Crippen LogP contribution in [0, 0.1) is 21.8 Å². The van der Waals surface area contributed by atoms with Crippen molar-refractivity contribution in [3.05, 3.63) is 33.1 Å². The zero-order valence-corrected chi connectivity index (χ0v) is 11.8. The number of nitrogens with one attached hydrogen (secondary N) is 1. The molecule has 19 heavy (non-hydrogen) atoms. The molecular weight excluding hydrogens is 271 g/mol. The molecule has 0 aliphatic carbocycles. The maximum absolute atomic E-state index is 13.3. The van der Waals surface area contributed by atoms with E-state index in [0.717, 1.165) is 31.4 Å². The number of nitro benzene ring substituents is 1. The molecule has 0 unspecified atom stereocenters. The Hall–Kier alpha value is -1.36. The van der Waals surface area contributed by atoms with E-state index in [1.807, 2.05) is 0 Å². The molecule has 0 aliphatic heterocycles. The molecule has 0 bridgehead atoms. The largest absolute Gasteiger partial charge is 0.379 e. The molecule has 106 valence electrons. The van der Waals surface area contributed by atoms with Gasteiger partial charge in [0.15, 0.2) is 0 Å². The smallest absolute Gasteiger partial charge is 0.294 e. The number of anilines is 1. The molecule has 0 atom stereocenters. The number of unbranched alkanes of at least 4 members (excludes halogenated alkanes) is 1. The lowest BCUT2D eigenvalue weighted by Crippen LogP contribution is -2.05. The van der Waals surface area contributed by atoms with Crippen LogP contribution in [0.3, 0.4) is 0 Å². The fraction of sp³-hybridized carbons (Fsp3) is 0.538. The molecule has 6 heteroatoms. The summed E-state index contributed by atoms with van der Waals surface area (Å²) >= 11 is 5.54. The number of hydrogen-bond donors (Lipinski definition) is 1. The van der Waals surface area contributed by atoms with Gasteiger partial charge in [-0.1, -0.05) is 38.3 Å². The minimum absolute atomic E-state index is 0.177. The molecule has 0 aromatic heterocycles. The van der Waals surface area contributed by atoms with Crippen LogP contribution >= 0.6 is 11.6 Å². The molecular formula is C13H18ClFN2O2. The molecule has 4 nitrogen and oxygen atoms in total. The normalized spacial score (nSPS) is 10.8. The molecule has 0 aliphatic rings. The van der Waals surface area contributed by atoms with E-state index in [2.05, 4.69) is 19.2 Å². The SMILES string of the molecule is CC(C)CCCCNc1cc(F)c(Cl)cc1[N+](=O)[O-]. The molecule has 0 fully saturated rings. The van der Waals surface area contributed by atoms with E-state index in [-0.39, 0.29) is 16.4 Å². The molecule has 0 heterocycles. The Kier molecular flexibility index (Phi) is 6.02. The van der Waals surface area contributed by atoms with Crippen LogP contribution < -0.4 is 5.32 Å². The molecule has 1 rings (SSSR count). The zero-order chi connectivity index (χ0) is 14.4. The summed E-state index contributed by atoms with van der Waals surface area (Å²) < 4.78 is 13.3. The van der Waals surface area contributed by atoms with Crippen molar-refractivity contribution in [2.75, 3.05) is 11.9 Å². The fourth-order valence-corrected chi connectivity index (χ4v) is 1.89. The number of halogens is 2. The molecule has 1 N–H and O–H groups in total. The van der Waals surface area contributed by atoms with Crippen LogP contribution in [-0.4, -0.2) is 11.5 Å². The molecule has 0 radical (unpaired) electrons. The lowest BCUT2D eigenvalue weighted by molar-refractivity contribution is -0.384. The van der Waals surface area contributed by atoms with Gasteiger partial charge in [0.05, 0.1) is 9.95 Å². The Morgan fingerprint density at radius 3 is 2.68 bits per heavy atom. The highest BCUT2D eigenvalue weighted by atomic mass is 35.5. The molecule has 0 spiro atoms. The highest BCUT2D eigenvalue weighted by Crippen LogP contribution is 2.30. The van der Waals surface area contributed by atoms with Crippen molar-refractivity contribution in [1.29, 1.82) is 0 Å². The van der Waals surface area contributed by atoms with Gasteiger partial charge in [-0.2, -0.15) is 0 Å². The lowest BCUT2D eigenvalue weighted by atomic mass is 10.1. The maximum atomic E-state index is 13.3. The van der Waals surface area contributed by atoms with E-state index in [1.165, 1.54) is 0 Å². The summed E-state index contributed by atoms with van der Waals surface area (Å²) in [4.78, 5) is 10.3. The summed E-state index contributed by atoms with van der Waals surface area (Å²) in [6.07, 6.45) is 3.03. The van der Waals surface area contributed by atoms with Gasteiger partial charge >= 0.3 is 0 Å². The summed E-state index contributed by atoms with van der Waals surface area (Å²) in [6, 6.07) is 2.11.